The summed E-state index contributed by atoms with van der Waals surface area (Å²) in [5.41, 5.74) is 0.617. The summed E-state index contributed by atoms with van der Waals surface area (Å²) in [4.78, 5) is 9.08. The summed E-state index contributed by atoms with van der Waals surface area (Å²) in [7, 11) is 0. The predicted molar refractivity (Wildman–Crippen MR) is 68.5 cm³/mol. The second kappa shape index (κ2) is 5.28. The second-order valence-corrected chi connectivity index (χ2v) is 5.26. The highest BCUT2D eigenvalue weighted by Crippen LogP contribution is 2.24. The van der Waals surface area contributed by atoms with Gasteiger partial charge < -0.3 is 14.4 Å². The number of hydrogen-bond acceptors (Lipinski definition) is 5. The minimum Gasteiger partial charge on any atom is -0.432 e. The van der Waals surface area contributed by atoms with E-state index in [-0.39, 0.29) is 6.61 Å². The number of likely N-dealkylation sites (tertiary alicyclic amines) is 1. The van der Waals surface area contributed by atoms with Crippen molar-refractivity contribution in [1.29, 1.82) is 0 Å². The summed E-state index contributed by atoms with van der Waals surface area (Å²) < 4.78 is 5.41. The molecular formula is C13H21N3O2. The molecule has 1 unspecified atom stereocenters. The molecule has 1 N–H and O–H groups in total. The number of oxazole rings is 1. The van der Waals surface area contributed by atoms with E-state index in [0.29, 0.717) is 17.8 Å². The van der Waals surface area contributed by atoms with E-state index in [2.05, 4.69) is 14.8 Å². The number of piperidine rings is 1. The number of aliphatic hydroxyl groups excluding tert-OH is 1. The lowest BCUT2D eigenvalue weighted by atomic mass is 10.1. The molecule has 0 aromatic carbocycles. The third-order valence-electron chi connectivity index (χ3n) is 4.04. The molecule has 0 radical (unpaired) electrons. The Kier molecular flexibility index (Phi) is 3.52. The van der Waals surface area contributed by atoms with E-state index in [0.717, 1.165) is 13.1 Å². The number of nitrogens with zero attached hydrogens (tertiary/aromatic N) is 3. The Bertz CT molecular complexity index is 387. The zero-order chi connectivity index (χ0) is 12.4. The van der Waals surface area contributed by atoms with Crippen LogP contribution in [0.5, 0.6) is 0 Å². The summed E-state index contributed by atoms with van der Waals surface area (Å²) in [5.74, 6) is 0. The molecule has 3 rings (SSSR count). The highest BCUT2D eigenvalue weighted by Gasteiger charge is 2.30. The molecule has 1 atom stereocenters. The van der Waals surface area contributed by atoms with Crippen molar-refractivity contribution in [2.45, 2.75) is 38.3 Å². The largest absolute Gasteiger partial charge is 0.432 e. The third kappa shape index (κ3) is 2.37. The first-order valence-corrected chi connectivity index (χ1v) is 6.91. The maximum atomic E-state index is 9.00. The first-order chi connectivity index (χ1) is 8.86. The predicted octanol–water partition coefficient (Wildman–Crippen LogP) is 1.23. The minimum absolute atomic E-state index is 0.0487. The third-order valence-corrected chi connectivity index (χ3v) is 4.04. The number of aromatic nitrogens is 1. The summed E-state index contributed by atoms with van der Waals surface area (Å²) >= 11 is 0. The van der Waals surface area contributed by atoms with E-state index in [4.69, 9.17) is 9.52 Å². The van der Waals surface area contributed by atoms with Crippen molar-refractivity contribution < 1.29 is 9.52 Å². The van der Waals surface area contributed by atoms with Crippen LogP contribution in [-0.4, -0.2) is 47.2 Å². The van der Waals surface area contributed by atoms with E-state index >= 15 is 0 Å². The van der Waals surface area contributed by atoms with Gasteiger partial charge in [0.15, 0.2) is 0 Å². The summed E-state index contributed by atoms with van der Waals surface area (Å²) in [6.07, 6.45) is 6.79. The number of anilines is 1. The van der Waals surface area contributed by atoms with Crippen molar-refractivity contribution in [1.82, 2.24) is 9.88 Å². The van der Waals surface area contributed by atoms with Crippen molar-refractivity contribution in [3.63, 3.8) is 0 Å². The Morgan fingerprint density at radius 3 is 2.83 bits per heavy atom. The van der Waals surface area contributed by atoms with Gasteiger partial charge in [0.1, 0.15) is 12.0 Å². The Labute approximate surface area is 107 Å². The zero-order valence-corrected chi connectivity index (χ0v) is 10.7. The fraction of sp³-hybridized carbons (Fsp3) is 0.769. The number of hydrogen-bond donors (Lipinski definition) is 1. The van der Waals surface area contributed by atoms with E-state index in [1.807, 2.05) is 0 Å². The molecule has 0 amide bonds. The van der Waals surface area contributed by atoms with Crippen LogP contribution in [0, 0.1) is 0 Å². The van der Waals surface area contributed by atoms with Crippen LogP contribution in [0.25, 0.3) is 0 Å². The first kappa shape index (κ1) is 12.0. The summed E-state index contributed by atoms with van der Waals surface area (Å²) in [6.45, 7) is 4.45. The molecule has 0 aliphatic carbocycles. The molecule has 2 aliphatic rings. The van der Waals surface area contributed by atoms with Gasteiger partial charge in [-0.15, -0.1) is 0 Å². The zero-order valence-electron chi connectivity index (χ0n) is 10.7. The maximum Gasteiger partial charge on any atom is 0.297 e. The van der Waals surface area contributed by atoms with Crippen LogP contribution in [0.3, 0.4) is 0 Å². The lowest BCUT2D eigenvalue weighted by molar-refractivity contribution is 0.174. The fourth-order valence-electron chi connectivity index (χ4n) is 3.01. The lowest BCUT2D eigenvalue weighted by Gasteiger charge is -2.31. The SMILES string of the molecule is OCc1coc(N2CCC(N3CCCCC3)C2)n1. The van der Waals surface area contributed by atoms with Gasteiger partial charge in [0, 0.05) is 19.1 Å². The topological polar surface area (TPSA) is 52.7 Å². The Morgan fingerprint density at radius 1 is 1.28 bits per heavy atom. The Hall–Kier alpha value is -1.07. The molecule has 18 heavy (non-hydrogen) atoms. The van der Waals surface area contributed by atoms with Crippen LogP contribution in [0.15, 0.2) is 10.7 Å². The molecule has 0 bridgehead atoms. The van der Waals surface area contributed by atoms with Crippen LogP contribution in [0.1, 0.15) is 31.4 Å². The molecule has 2 saturated heterocycles. The van der Waals surface area contributed by atoms with Crippen molar-refractivity contribution in [2.75, 3.05) is 31.1 Å². The van der Waals surface area contributed by atoms with Gasteiger partial charge in [0.05, 0.1) is 6.61 Å². The molecular weight excluding hydrogens is 230 g/mol. The van der Waals surface area contributed by atoms with Crippen LogP contribution in [0.4, 0.5) is 6.01 Å². The van der Waals surface area contributed by atoms with Crippen LogP contribution < -0.4 is 4.90 Å². The van der Waals surface area contributed by atoms with Gasteiger partial charge in [-0.05, 0) is 32.4 Å². The fourth-order valence-corrected chi connectivity index (χ4v) is 3.01. The van der Waals surface area contributed by atoms with Crippen LogP contribution >= 0.6 is 0 Å². The van der Waals surface area contributed by atoms with E-state index < -0.39 is 0 Å². The molecule has 5 heteroatoms. The van der Waals surface area contributed by atoms with Gasteiger partial charge in [-0.1, -0.05) is 6.42 Å². The molecule has 3 heterocycles. The standard InChI is InChI=1S/C13H21N3O2/c17-9-11-10-18-13(14-11)16-7-4-12(8-16)15-5-2-1-3-6-15/h10,12,17H,1-9H2. The molecule has 0 saturated carbocycles. The van der Waals surface area contributed by atoms with Gasteiger partial charge in [0.2, 0.25) is 0 Å². The van der Waals surface area contributed by atoms with Gasteiger partial charge >= 0.3 is 0 Å². The molecule has 5 nitrogen and oxygen atoms in total. The maximum absolute atomic E-state index is 9.00. The minimum atomic E-state index is -0.0487. The lowest BCUT2D eigenvalue weighted by Crippen LogP contribution is -2.40. The van der Waals surface area contributed by atoms with Gasteiger partial charge in [-0.3, -0.25) is 4.90 Å². The average Bonchev–Trinajstić information content (AvgIpc) is 3.08. The monoisotopic (exact) mass is 251 g/mol. The first-order valence-electron chi connectivity index (χ1n) is 6.91. The number of rotatable bonds is 3. The van der Waals surface area contributed by atoms with Crippen molar-refractivity contribution in [2.24, 2.45) is 0 Å². The van der Waals surface area contributed by atoms with Crippen LogP contribution in [0.2, 0.25) is 0 Å². The molecule has 2 fully saturated rings. The Balaban J connectivity index is 1.60. The second-order valence-electron chi connectivity index (χ2n) is 5.26. The van der Waals surface area contributed by atoms with Crippen molar-refractivity contribution >= 4 is 6.01 Å². The van der Waals surface area contributed by atoms with E-state index in [1.165, 1.54) is 38.8 Å². The highest BCUT2D eigenvalue weighted by atomic mass is 16.4. The van der Waals surface area contributed by atoms with Gasteiger partial charge in [-0.2, -0.15) is 4.98 Å². The van der Waals surface area contributed by atoms with Gasteiger partial charge in [0.25, 0.3) is 6.01 Å². The number of aliphatic hydroxyl groups is 1. The summed E-state index contributed by atoms with van der Waals surface area (Å²) in [5, 5.41) is 9.00. The molecule has 1 aromatic rings. The quantitative estimate of drug-likeness (QED) is 0.875. The smallest absolute Gasteiger partial charge is 0.297 e. The highest BCUT2D eigenvalue weighted by molar-refractivity contribution is 5.29. The van der Waals surface area contributed by atoms with E-state index in [9.17, 15) is 0 Å². The molecule has 100 valence electrons. The molecule has 2 aliphatic heterocycles. The Morgan fingerprint density at radius 2 is 2.11 bits per heavy atom. The van der Waals surface area contributed by atoms with Crippen molar-refractivity contribution in [3.05, 3.63) is 12.0 Å². The molecule has 0 spiro atoms. The normalized spacial score (nSPS) is 25.8. The van der Waals surface area contributed by atoms with Crippen LogP contribution in [-0.2, 0) is 6.61 Å². The van der Waals surface area contributed by atoms with E-state index in [1.54, 1.807) is 6.26 Å². The van der Waals surface area contributed by atoms with Crippen molar-refractivity contribution in [3.8, 4) is 0 Å². The van der Waals surface area contributed by atoms with Gasteiger partial charge in [-0.25, -0.2) is 0 Å². The average molecular weight is 251 g/mol. The summed E-state index contributed by atoms with van der Waals surface area (Å²) in [6, 6.07) is 1.31. The molecule has 1 aromatic heterocycles.